The van der Waals surface area contributed by atoms with Gasteiger partial charge in [-0.2, -0.15) is 0 Å². The molecule has 3 rings (SSSR count). The Morgan fingerprint density at radius 2 is 1.54 bits per heavy atom. The number of amides is 3. The van der Waals surface area contributed by atoms with Gasteiger partial charge in [0.15, 0.2) is 0 Å². The van der Waals surface area contributed by atoms with Crippen LogP contribution in [0.5, 0.6) is 0 Å². The summed E-state index contributed by atoms with van der Waals surface area (Å²) in [5.74, 6) is -2.53. The Morgan fingerprint density at radius 3 is 2.04 bits per heavy atom. The number of anilines is 1. The van der Waals surface area contributed by atoms with E-state index in [1.807, 2.05) is 0 Å². The SMILES string of the molecule is CC(C(=O)Nc1ccc(F)cc1Cl)N1C(=O)c2cc(Cl)c(Cl)cc2C1=O. The van der Waals surface area contributed by atoms with Crippen molar-refractivity contribution in [3.63, 3.8) is 0 Å². The zero-order chi connectivity index (χ0) is 19.2. The van der Waals surface area contributed by atoms with E-state index in [0.717, 1.165) is 17.0 Å². The number of carbonyl (C=O) groups is 3. The number of nitrogens with zero attached hydrogens (tertiary/aromatic N) is 1. The minimum absolute atomic E-state index is 0.00789. The van der Waals surface area contributed by atoms with Crippen molar-refractivity contribution < 1.29 is 18.8 Å². The number of carbonyl (C=O) groups excluding carboxylic acids is 3. The molecule has 3 amide bonds. The first-order valence-corrected chi connectivity index (χ1v) is 8.47. The molecular weight excluding hydrogens is 406 g/mol. The van der Waals surface area contributed by atoms with Gasteiger partial charge in [0.2, 0.25) is 5.91 Å². The van der Waals surface area contributed by atoms with Crippen molar-refractivity contribution in [2.24, 2.45) is 0 Å². The van der Waals surface area contributed by atoms with Crippen molar-refractivity contribution >= 4 is 58.2 Å². The van der Waals surface area contributed by atoms with Crippen LogP contribution in [0.2, 0.25) is 15.1 Å². The molecule has 1 aliphatic heterocycles. The average molecular weight is 416 g/mol. The summed E-state index contributed by atoms with van der Waals surface area (Å²) < 4.78 is 13.1. The molecule has 1 N–H and O–H groups in total. The van der Waals surface area contributed by atoms with Crippen molar-refractivity contribution in [3.05, 3.63) is 62.3 Å². The summed E-state index contributed by atoms with van der Waals surface area (Å²) in [5, 5.41) is 2.72. The number of nitrogens with one attached hydrogen (secondary N) is 1. The van der Waals surface area contributed by atoms with E-state index in [0.29, 0.717) is 0 Å². The van der Waals surface area contributed by atoms with Crippen molar-refractivity contribution in [1.82, 2.24) is 4.90 Å². The number of imide groups is 1. The van der Waals surface area contributed by atoms with Gasteiger partial charge < -0.3 is 5.32 Å². The molecular formula is C17H10Cl3FN2O3. The van der Waals surface area contributed by atoms with Crippen LogP contribution in [0.3, 0.4) is 0 Å². The Balaban J connectivity index is 1.86. The van der Waals surface area contributed by atoms with Crippen molar-refractivity contribution in [3.8, 4) is 0 Å². The Labute approximate surface area is 162 Å². The first-order chi connectivity index (χ1) is 12.2. The summed E-state index contributed by atoms with van der Waals surface area (Å²) in [7, 11) is 0. The third-order valence-electron chi connectivity index (χ3n) is 3.91. The fraction of sp³-hybridized carbons (Fsp3) is 0.118. The zero-order valence-electron chi connectivity index (χ0n) is 13.1. The fourth-order valence-corrected chi connectivity index (χ4v) is 3.09. The molecule has 2 aromatic carbocycles. The van der Waals surface area contributed by atoms with E-state index in [4.69, 9.17) is 34.8 Å². The second-order valence-corrected chi connectivity index (χ2v) is 6.80. The smallest absolute Gasteiger partial charge is 0.262 e. The number of rotatable bonds is 3. The number of hydrogen-bond acceptors (Lipinski definition) is 3. The lowest BCUT2D eigenvalue weighted by molar-refractivity contribution is -0.119. The first-order valence-electron chi connectivity index (χ1n) is 7.33. The summed E-state index contributed by atoms with van der Waals surface area (Å²) in [6, 6.07) is 4.89. The Morgan fingerprint density at radius 1 is 1.00 bits per heavy atom. The van der Waals surface area contributed by atoms with Crippen LogP contribution in [0, 0.1) is 5.82 Å². The van der Waals surface area contributed by atoms with Gasteiger partial charge in [-0.3, -0.25) is 19.3 Å². The third kappa shape index (κ3) is 3.16. The van der Waals surface area contributed by atoms with Gasteiger partial charge in [-0.25, -0.2) is 4.39 Å². The summed E-state index contributed by atoms with van der Waals surface area (Å²) in [5.41, 5.74) is 0.306. The molecule has 0 saturated heterocycles. The number of benzene rings is 2. The average Bonchev–Trinajstić information content (AvgIpc) is 2.81. The molecule has 134 valence electrons. The van der Waals surface area contributed by atoms with E-state index < -0.39 is 29.6 Å². The molecule has 0 radical (unpaired) electrons. The number of halogens is 4. The Hall–Kier alpha value is -2.15. The molecule has 26 heavy (non-hydrogen) atoms. The number of fused-ring (bicyclic) bond motifs is 1. The molecule has 1 unspecified atom stereocenters. The van der Waals surface area contributed by atoms with Gasteiger partial charge in [0.05, 0.1) is 31.9 Å². The molecule has 9 heteroatoms. The zero-order valence-corrected chi connectivity index (χ0v) is 15.4. The van der Waals surface area contributed by atoms with E-state index >= 15 is 0 Å². The lowest BCUT2D eigenvalue weighted by atomic mass is 10.1. The quantitative estimate of drug-likeness (QED) is 0.755. The molecule has 2 aromatic rings. The topological polar surface area (TPSA) is 66.5 Å². The summed E-state index contributed by atoms with van der Waals surface area (Å²) in [6.07, 6.45) is 0. The van der Waals surface area contributed by atoms with Crippen LogP contribution in [0.4, 0.5) is 10.1 Å². The van der Waals surface area contributed by atoms with Crippen LogP contribution < -0.4 is 5.32 Å². The van der Waals surface area contributed by atoms with Crippen molar-refractivity contribution in [2.45, 2.75) is 13.0 Å². The van der Waals surface area contributed by atoms with E-state index in [2.05, 4.69) is 5.32 Å². The maximum Gasteiger partial charge on any atom is 0.262 e. The van der Waals surface area contributed by atoms with Gasteiger partial charge in [-0.1, -0.05) is 34.8 Å². The van der Waals surface area contributed by atoms with E-state index in [-0.39, 0.29) is 31.9 Å². The summed E-state index contributed by atoms with van der Waals surface area (Å²) >= 11 is 17.7. The monoisotopic (exact) mass is 414 g/mol. The first kappa shape index (κ1) is 18.6. The van der Waals surface area contributed by atoms with E-state index in [1.165, 1.54) is 25.1 Å². The second-order valence-electron chi connectivity index (χ2n) is 5.58. The molecule has 1 atom stereocenters. The van der Waals surface area contributed by atoms with Crippen LogP contribution in [0.1, 0.15) is 27.6 Å². The molecule has 0 fully saturated rings. The van der Waals surface area contributed by atoms with Gasteiger partial charge >= 0.3 is 0 Å². The molecule has 1 heterocycles. The van der Waals surface area contributed by atoms with Crippen LogP contribution in [-0.4, -0.2) is 28.7 Å². The minimum atomic E-state index is -1.14. The van der Waals surface area contributed by atoms with Gasteiger partial charge in [0.25, 0.3) is 11.8 Å². The summed E-state index contributed by atoms with van der Waals surface area (Å²) in [4.78, 5) is 38.3. The highest BCUT2D eigenvalue weighted by Gasteiger charge is 2.41. The molecule has 0 saturated carbocycles. The highest BCUT2D eigenvalue weighted by atomic mass is 35.5. The highest BCUT2D eigenvalue weighted by Crippen LogP contribution is 2.32. The second kappa shape index (κ2) is 6.87. The molecule has 0 bridgehead atoms. The van der Waals surface area contributed by atoms with Gasteiger partial charge in [0.1, 0.15) is 11.9 Å². The lowest BCUT2D eigenvalue weighted by Crippen LogP contribution is -2.45. The summed E-state index contributed by atoms with van der Waals surface area (Å²) in [6.45, 7) is 1.39. The number of hydrogen-bond donors (Lipinski definition) is 1. The largest absolute Gasteiger partial charge is 0.323 e. The van der Waals surface area contributed by atoms with Crippen LogP contribution in [0.15, 0.2) is 30.3 Å². The van der Waals surface area contributed by atoms with Gasteiger partial charge in [-0.15, -0.1) is 0 Å². The van der Waals surface area contributed by atoms with Crippen LogP contribution in [-0.2, 0) is 4.79 Å². The standard InChI is InChI=1S/C17H10Cl3FN2O3/c1-7(15(24)22-14-3-2-8(21)4-13(14)20)23-16(25)9-5-11(18)12(19)6-10(9)17(23)26/h2-7H,1H3,(H,22,24). The van der Waals surface area contributed by atoms with Crippen molar-refractivity contribution in [2.75, 3.05) is 5.32 Å². The highest BCUT2D eigenvalue weighted by molar-refractivity contribution is 6.43. The molecule has 0 aliphatic carbocycles. The maximum absolute atomic E-state index is 13.1. The predicted octanol–water partition coefficient (Wildman–Crippen LogP) is 4.41. The minimum Gasteiger partial charge on any atom is -0.323 e. The Kier molecular flexibility index (Phi) is 4.92. The molecule has 1 aliphatic rings. The van der Waals surface area contributed by atoms with E-state index in [9.17, 15) is 18.8 Å². The maximum atomic E-state index is 13.1. The Bertz CT molecular complexity index is 924. The molecule has 0 spiro atoms. The van der Waals surface area contributed by atoms with Crippen LogP contribution in [0.25, 0.3) is 0 Å². The van der Waals surface area contributed by atoms with E-state index in [1.54, 1.807) is 0 Å². The van der Waals surface area contributed by atoms with Gasteiger partial charge in [-0.05, 0) is 37.3 Å². The molecule has 0 aromatic heterocycles. The van der Waals surface area contributed by atoms with Crippen LogP contribution >= 0.6 is 34.8 Å². The third-order valence-corrected chi connectivity index (χ3v) is 4.95. The molecule has 5 nitrogen and oxygen atoms in total. The normalized spacial score (nSPS) is 14.4. The lowest BCUT2D eigenvalue weighted by Gasteiger charge is -2.22. The fourth-order valence-electron chi connectivity index (χ4n) is 2.55. The van der Waals surface area contributed by atoms with Gasteiger partial charge in [0, 0.05) is 0 Å². The van der Waals surface area contributed by atoms with Crippen molar-refractivity contribution in [1.29, 1.82) is 0 Å². The predicted molar refractivity (Wildman–Crippen MR) is 96.5 cm³/mol.